The molecule has 0 unspecified atom stereocenters. The number of anilines is 1. The van der Waals surface area contributed by atoms with Gasteiger partial charge in [-0.3, -0.25) is 4.79 Å². The van der Waals surface area contributed by atoms with Crippen LogP contribution in [-0.2, 0) is 4.74 Å². The second-order valence-corrected chi connectivity index (χ2v) is 6.97. The Hall–Kier alpha value is -2.51. The number of nitrogen functional groups attached to an aromatic ring is 1. The summed E-state index contributed by atoms with van der Waals surface area (Å²) < 4.78 is 19.5. The van der Waals surface area contributed by atoms with Crippen LogP contribution >= 0.6 is 0 Å². The number of β-amino-alcohol motifs (C(OH)–C–C–N with tert-alkyl or cyclic N) is 1. The summed E-state index contributed by atoms with van der Waals surface area (Å²) in [6, 6.07) is 9.69. The molecule has 136 valence electrons. The predicted octanol–water partition coefficient (Wildman–Crippen LogP) is 1.56. The van der Waals surface area contributed by atoms with Crippen LogP contribution in [0.5, 0.6) is 0 Å². The Balaban J connectivity index is 1.52. The third kappa shape index (κ3) is 2.83. The van der Waals surface area contributed by atoms with Crippen molar-refractivity contribution in [3.63, 3.8) is 0 Å². The number of aromatic nitrogens is 1. The van der Waals surface area contributed by atoms with Gasteiger partial charge in [0.05, 0.1) is 18.7 Å². The fourth-order valence-electron chi connectivity index (χ4n) is 3.91. The lowest BCUT2D eigenvalue weighted by atomic mass is 9.87. The van der Waals surface area contributed by atoms with Gasteiger partial charge in [0.15, 0.2) is 0 Å². The lowest BCUT2D eigenvalue weighted by Crippen LogP contribution is -2.41. The van der Waals surface area contributed by atoms with Gasteiger partial charge in [-0.1, -0.05) is 12.1 Å². The van der Waals surface area contributed by atoms with E-state index in [1.807, 2.05) is 6.07 Å². The van der Waals surface area contributed by atoms with Crippen LogP contribution in [0.1, 0.15) is 28.3 Å². The molecule has 3 heterocycles. The molecule has 3 N–H and O–H groups in total. The summed E-state index contributed by atoms with van der Waals surface area (Å²) in [5.41, 5.74) is 6.12. The van der Waals surface area contributed by atoms with Crippen molar-refractivity contribution in [3.8, 4) is 0 Å². The number of likely N-dealkylation sites (tertiary alicyclic amines) is 1. The Bertz CT molecular complexity index is 846. The number of rotatable bonds is 2. The molecule has 1 amide bonds. The van der Waals surface area contributed by atoms with Crippen LogP contribution in [0, 0.1) is 5.82 Å². The first-order valence-corrected chi connectivity index (χ1v) is 8.56. The molecule has 0 radical (unpaired) electrons. The van der Waals surface area contributed by atoms with Crippen LogP contribution < -0.4 is 5.73 Å². The van der Waals surface area contributed by atoms with Gasteiger partial charge in [-0.2, -0.15) is 0 Å². The number of hydrogen-bond acceptors (Lipinski definition) is 5. The topological polar surface area (TPSA) is 88.7 Å². The maximum absolute atomic E-state index is 13.5. The zero-order valence-electron chi connectivity index (χ0n) is 14.1. The van der Waals surface area contributed by atoms with Gasteiger partial charge in [-0.25, -0.2) is 9.37 Å². The highest BCUT2D eigenvalue weighted by molar-refractivity contribution is 5.98. The van der Waals surface area contributed by atoms with Crippen LogP contribution in [0.2, 0.25) is 0 Å². The van der Waals surface area contributed by atoms with Crippen LogP contribution in [0.4, 0.5) is 10.2 Å². The van der Waals surface area contributed by atoms with E-state index in [4.69, 9.17) is 10.5 Å². The summed E-state index contributed by atoms with van der Waals surface area (Å²) in [5.74, 6) is -0.416. The lowest BCUT2D eigenvalue weighted by molar-refractivity contribution is -0.0591. The first kappa shape index (κ1) is 16.9. The number of aliphatic hydroxyl groups excluding tert-OH is 1. The smallest absolute Gasteiger partial charge is 0.257 e. The Kier molecular flexibility index (Phi) is 4.13. The number of pyridine rings is 1. The highest BCUT2D eigenvalue weighted by atomic mass is 19.1. The van der Waals surface area contributed by atoms with Crippen molar-refractivity contribution in [2.24, 2.45) is 0 Å². The van der Waals surface area contributed by atoms with Crippen LogP contribution in [0.3, 0.4) is 0 Å². The molecule has 2 fully saturated rings. The molecule has 1 aromatic carbocycles. The number of hydrogen-bond donors (Lipinski definition) is 2. The van der Waals surface area contributed by atoms with E-state index < -0.39 is 11.7 Å². The van der Waals surface area contributed by atoms with E-state index in [1.165, 1.54) is 18.3 Å². The minimum absolute atomic E-state index is 0.0149. The Labute approximate surface area is 150 Å². The summed E-state index contributed by atoms with van der Waals surface area (Å²) in [7, 11) is 0. The minimum Gasteiger partial charge on any atom is -0.388 e. The average Bonchev–Trinajstić information content (AvgIpc) is 3.20. The quantitative estimate of drug-likeness (QED) is 0.852. The van der Waals surface area contributed by atoms with Crippen molar-refractivity contribution in [3.05, 3.63) is 59.5 Å². The van der Waals surface area contributed by atoms with E-state index >= 15 is 0 Å². The summed E-state index contributed by atoms with van der Waals surface area (Å²) in [6.45, 7) is 0.827. The number of benzene rings is 1. The molecule has 0 aliphatic carbocycles. The number of aliphatic hydroxyl groups is 1. The number of carbonyl (C=O) groups is 1. The first-order valence-electron chi connectivity index (χ1n) is 8.56. The second-order valence-electron chi connectivity index (χ2n) is 6.97. The number of nitrogens with zero attached hydrogens (tertiary/aromatic N) is 2. The van der Waals surface area contributed by atoms with E-state index in [9.17, 15) is 14.3 Å². The zero-order chi connectivity index (χ0) is 18.3. The molecule has 0 bridgehead atoms. The average molecular weight is 357 g/mol. The van der Waals surface area contributed by atoms with E-state index in [1.54, 1.807) is 23.1 Å². The van der Waals surface area contributed by atoms with Crippen LogP contribution in [-0.4, -0.2) is 52.3 Å². The molecule has 2 aliphatic heterocycles. The second kappa shape index (κ2) is 6.34. The molecule has 1 aromatic heterocycles. The number of nitrogens with two attached hydrogens (primary N) is 1. The fraction of sp³-hybridized carbons (Fsp3) is 0.368. The largest absolute Gasteiger partial charge is 0.388 e. The molecule has 6 nitrogen and oxygen atoms in total. The van der Waals surface area contributed by atoms with Gasteiger partial charge in [0.25, 0.3) is 5.91 Å². The first-order chi connectivity index (χ1) is 12.5. The van der Waals surface area contributed by atoms with E-state index in [-0.39, 0.29) is 36.5 Å². The van der Waals surface area contributed by atoms with E-state index in [2.05, 4.69) is 4.98 Å². The van der Waals surface area contributed by atoms with Gasteiger partial charge in [0.1, 0.15) is 23.3 Å². The third-order valence-corrected chi connectivity index (χ3v) is 5.30. The van der Waals surface area contributed by atoms with Gasteiger partial charge in [0, 0.05) is 18.7 Å². The molecular weight excluding hydrogens is 337 g/mol. The van der Waals surface area contributed by atoms with Crippen molar-refractivity contribution in [1.82, 2.24) is 9.88 Å². The molecule has 2 saturated heterocycles. The molecular formula is C19H20FN3O3. The summed E-state index contributed by atoms with van der Waals surface area (Å²) >= 11 is 0. The maximum atomic E-state index is 13.5. The van der Waals surface area contributed by atoms with Crippen LogP contribution in [0.25, 0.3) is 0 Å². The SMILES string of the molecule is Nc1ncccc1C(=O)N1C[C@@H](O)[C@@]2(C[C@H](c3cccc(F)c3)CO2)C1. The normalized spacial score (nSPS) is 28.0. The molecule has 1 spiro atoms. The van der Waals surface area contributed by atoms with Crippen molar-refractivity contribution >= 4 is 11.7 Å². The van der Waals surface area contributed by atoms with Crippen molar-refractivity contribution in [2.45, 2.75) is 24.0 Å². The monoisotopic (exact) mass is 357 g/mol. The highest BCUT2D eigenvalue weighted by Gasteiger charge is 2.53. The lowest BCUT2D eigenvalue weighted by Gasteiger charge is -2.26. The Morgan fingerprint density at radius 2 is 2.23 bits per heavy atom. The number of amides is 1. The molecule has 2 aliphatic rings. The Morgan fingerprint density at radius 3 is 3.00 bits per heavy atom. The summed E-state index contributed by atoms with van der Waals surface area (Å²) in [5, 5.41) is 10.6. The molecule has 2 aromatic rings. The minimum atomic E-state index is -0.830. The van der Waals surface area contributed by atoms with Gasteiger partial charge >= 0.3 is 0 Å². The van der Waals surface area contributed by atoms with E-state index in [0.717, 1.165) is 5.56 Å². The van der Waals surface area contributed by atoms with Gasteiger partial charge < -0.3 is 20.5 Å². The molecule has 3 atom stereocenters. The highest BCUT2D eigenvalue weighted by Crippen LogP contribution is 2.42. The number of carbonyl (C=O) groups excluding carboxylic acids is 1. The molecule has 0 saturated carbocycles. The van der Waals surface area contributed by atoms with Crippen molar-refractivity contribution in [1.29, 1.82) is 0 Å². The summed E-state index contributed by atoms with van der Waals surface area (Å²) in [6.07, 6.45) is 1.25. The summed E-state index contributed by atoms with van der Waals surface area (Å²) in [4.78, 5) is 18.2. The van der Waals surface area contributed by atoms with E-state index in [0.29, 0.717) is 18.6 Å². The Morgan fingerprint density at radius 1 is 1.38 bits per heavy atom. The van der Waals surface area contributed by atoms with Crippen molar-refractivity contribution < 1.29 is 19.0 Å². The maximum Gasteiger partial charge on any atom is 0.257 e. The number of ether oxygens (including phenoxy) is 1. The number of halogens is 1. The molecule has 4 rings (SSSR count). The van der Waals surface area contributed by atoms with Gasteiger partial charge in [0.2, 0.25) is 0 Å². The van der Waals surface area contributed by atoms with Gasteiger partial charge in [-0.15, -0.1) is 0 Å². The molecule has 26 heavy (non-hydrogen) atoms. The van der Waals surface area contributed by atoms with Crippen molar-refractivity contribution in [2.75, 3.05) is 25.4 Å². The molecule has 7 heteroatoms. The fourth-order valence-corrected chi connectivity index (χ4v) is 3.91. The standard InChI is InChI=1S/C19H20FN3O3/c20-14-4-1-3-12(7-14)13-8-19(26-10-13)11-23(9-16(19)24)18(25)15-5-2-6-22-17(15)21/h1-7,13,16,24H,8-11H2,(H2,21,22)/t13-,16+,19+/m0/s1. The third-order valence-electron chi connectivity index (χ3n) is 5.30. The van der Waals surface area contributed by atoms with Crippen LogP contribution in [0.15, 0.2) is 42.6 Å². The predicted molar refractivity (Wildman–Crippen MR) is 93.0 cm³/mol. The van der Waals surface area contributed by atoms with Gasteiger partial charge in [-0.05, 0) is 36.2 Å². The zero-order valence-corrected chi connectivity index (χ0v) is 14.1.